The zero-order valence-electron chi connectivity index (χ0n) is 8.46. The van der Waals surface area contributed by atoms with E-state index in [9.17, 15) is 4.39 Å². The summed E-state index contributed by atoms with van der Waals surface area (Å²) in [5.74, 6) is -0.272. The number of rotatable bonds is 5. The lowest BCUT2D eigenvalue weighted by Gasteiger charge is -2.10. The van der Waals surface area contributed by atoms with Crippen LogP contribution in [0.25, 0.3) is 0 Å². The zero-order chi connectivity index (χ0) is 10.4. The van der Waals surface area contributed by atoms with Crippen molar-refractivity contribution in [2.24, 2.45) is 0 Å². The van der Waals surface area contributed by atoms with E-state index in [4.69, 9.17) is 4.84 Å². The first-order chi connectivity index (χ1) is 6.68. The van der Waals surface area contributed by atoms with E-state index in [-0.39, 0.29) is 5.82 Å². The van der Waals surface area contributed by atoms with Crippen LogP contribution in [0, 0.1) is 5.82 Å². The van der Waals surface area contributed by atoms with Crippen molar-refractivity contribution in [3.8, 4) is 0 Å². The summed E-state index contributed by atoms with van der Waals surface area (Å²) < 4.78 is 12.7. The summed E-state index contributed by atoms with van der Waals surface area (Å²) >= 11 is 0. The van der Waals surface area contributed by atoms with Gasteiger partial charge in [-0.1, -0.05) is 6.07 Å². The lowest BCUT2D eigenvalue weighted by atomic mass is 10.3. The molecule has 0 fully saturated rings. The van der Waals surface area contributed by atoms with Gasteiger partial charge in [-0.25, -0.2) is 4.39 Å². The Labute approximate surface area is 83.4 Å². The first-order valence-corrected chi connectivity index (χ1v) is 4.46. The van der Waals surface area contributed by atoms with E-state index < -0.39 is 0 Å². The van der Waals surface area contributed by atoms with E-state index >= 15 is 0 Å². The predicted molar refractivity (Wildman–Crippen MR) is 54.5 cm³/mol. The van der Waals surface area contributed by atoms with E-state index in [1.165, 1.54) is 12.1 Å². The average Bonchev–Trinajstić information content (AvgIpc) is 2.12. The number of hydrogen-bond donors (Lipinski definition) is 1. The maximum absolute atomic E-state index is 12.7. The number of hydrogen-bond acceptors (Lipinski definition) is 3. The van der Waals surface area contributed by atoms with Crippen LogP contribution < -0.4 is 5.48 Å². The lowest BCUT2D eigenvalue weighted by Crippen LogP contribution is -2.19. The Hall–Kier alpha value is -1.13. The third-order valence-corrected chi connectivity index (χ3v) is 1.66. The molecule has 4 heteroatoms. The van der Waals surface area contributed by atoms with Crippen LogP contribution in [0.1, 0.15) is 0 Å². The second-order valence-corrected chi connectivity index (χ2v) is 3.26. The Morgan fingerprint density at radius 1 is 1.43 bits per heavy atom. The summed E-state index contributed by atoms with van der Waals surface area (Å²) in [6.07, 6.45) is 0. The van der Waals surface area contributed by atoms with Crippen LogP contribution in [-0.4, -0.2) is 32.1 Å². The largest absolute Gasteiger partial charge is 0.307 e. The SMILES string of the molecule is CN(C)CCONc1cccc(F)c1. The molecule has 0 aliphatic carbocycles. The molecule has 1 rings (SSSR count). The Balaban J connectivity index is 2.25. The van der Waals surface area contributed by atoms with Crippen LogP contribution in [0.4, 0.5) is 10.1 Å². The minimum absolute atomic E-state index is 0.272. The molecule has 0 saturated heterocycles. The zero-order valence-corrected chi connectivity index (χ0v) is 8.46. The van der Waals surface area contributed by atoms with Crippen molar-refractivity contribution in [3.05, 3.63) is 30.1 Å². The smallest absolute Gasteiger partial charge is 0.125 e. The maximum atomic E-state index is 12.7. The summed E-state index contributed by atoms with van der Waals surface area (Å²) in [5.41, 5.74) is 3.30. The molecule has 0 aliphatic rings. The fraction of sp³-hybridized carbons (Fsp3) is 0.400. The van der Waals surface area contributed by atoms with E-state index in [0.29, 0.717) is 12.3 Å². The molecule has 0 spiro atoms. The van der Waals surface area contributed by atoms with Crippen LogP contribution in [0.5, 0.6) is 0 Å². The lowest BCUT2D eigenvalue weighted by molar-refractivity contribution is 0.168. The van der Waals surface area contributed by atoms with Gasteiger partial charge in [0.25, 0.3) is 0 Å². The first-order valence-electron chi connectivity index (χ1n) is 4.46. The van der Waals surface area contributed by atoms with Crippen LogP contribution in [-0.2, 0) is 4.84 Å². The molecule has 0 heterocycles. The van der Waals surface area contributed by atoms with E-state index in [0.717, 1.165) is 6.54 Å². The molecule has 0 aliphatic heterocycles. The van der Waals surface area contributed by atoms with E-state index in [1.807, 2.05) is 19.0 Å². The summed E-state index contributed by atoms with van der Waals surface area (Å²) in [7, 11) is 3.93. The number of halogens is 1. The van der Waals surface area contributed by atoms with Gasteiger partial charge in [0.2, 0.25) is 0 Å². The molecule has 0 unspecified atom stereocenters. The van der Waals surface area contributed by atoms with Crippen LogP contribution >= 0.6 is 0 Å². The number of nitrogens with zero attached hydrogens (tertiary/aromatic N) is 1. The molecule has 0 bridgehead atoms. The number of likely N-dealkylation sites (N-methyl/N-ethyl adjacent to an activating group) is 1. The number of nitrogens with one attached hydrogen (secondary N) is 1. The van der Waals surface area contributed by atoms with Gasteiger partial charge >= 0.3 is 0 Å². The Morgan fingerprint density at radius 3 is 2.86 bits per heavy atom. The number of benzene rings is 1. The molecule has 0 saturated carbocycles. The maximum Gasteiger partial charge on any atom is 0.125 e. The molecule has 78 valence electrons. The normalized spacial score (nSPS) is 10.6. The second kappa shape index (κ2) is 5.57. The highest BCUT2D eigenvalue weighted by molar-refractivity contribution is 5.40. The molecular weight excluding hydrogens is 183 g/mol. The van der Waals surface area contributed by atoms with Gasteiger partial charge < -0.3 is 4.90 Å². The van der Waals surface area contributed by atoms with Gasteiger partial charge in [-0.3, -0.25) is 10.3 Å². The molecule has 1 aromatic carbocycles. The van der Waals surface area contributed by atoms with Crippen molar-refractivity contribution in [3.63, 3.8) is 0 Å². The summed E-state index contributed by atoms with van der Waals surface area (Å²) in [4.78, 5) is 7.13. The highest BCUT2D eigenvalue weighted by Gasteiger charge is 1.94. The number of anilines is 1. The fourth-order valence-corrected chi connectivity index (χ4v) is 0.915. The van der Waals surface area contributed by atoms with Gasteiger partial charge in [-0.05, 0) is 32.3 Å². The van der Waals surface area contributed by atoms with E-state index in [1.54, 1.807) is 12.1 Å². The highest BCUT2D eigenvalue weighted by atomic mass is 19.1. The molecule has 14 heavy (non-hydrogen) atoms. The molecule has 1 N–H and O–H groups in total. The summed E-state index contributed by atoms with van der Waals surface area (Å²) in [6.45, 7) is 1.38. The highest BCUT2D eigenvalue weighted by Crippen LogP contribution is 2.08. The topological polar surface area (TPSA) is 24.5 Å². The quantitative estimate of drug-likeness (QED) is 0.576. The molecule has 0 aromatic heterocycles. The van der Waals surface area contributed by atoms with Gasteiger partial charge in [0.05, 0.1) is 12.3 Å². The summed E-state index contributed by atoms with van der Waals surface area (Å²) in [5, 5.41) is 0. The molecule has 3 nitrogen and oxygen atoms in total. The van der Waals surface area contributed by atoms with Gasteiger partial charge in [0.1, 0.15) is 5.82 Å². The van der Waals surface area contributed by atoms with Crippen molar-refractivity contribution in [1.29, 1.82) is 0 Å². The predicted octanol–water partition coefficient (Wildman–Crippen LogP) is 1.73. The van der Waals surface area contributed by atoms with Gasteiger partial charge in [0, 0.05) is 6.54 Å². The second-order valence-electron chi connectivity index (χ2n) is 3.26. The van der Waals surface area contributed by atoms with Crippen molar-refractivity contribution in [2.45, 2.75) is 0 Å². The Kier molecular flexibility index (Phi) is 4.35. The van der Waals surface area contributed by atoms with Crippen LogP contribution in [0.15, 0.2) is 24.3 Å². The molecular formula is C10H15FN2O. The summed E-state index contributed by atoms with van der Waals surface area (Å²) in [6, 6.07) is 6.16. The van der Waals surface area contributed by atoms with Crippen molar-refractivity contribution in [1.82, 2.24) is 4.90 Å². The Morgan fingerprint density at radius 2 is 2.21 bits per heavy atom. The third-order valence-electron chi connectivity index (χ3n) is 1.66. The first kappa shape index (κ1) is 10.9. The minimum atomic E-state index is -0.272. The van der Waals surface area contributed by atoms with Crippen molar-refractivity contribution >= 4 is 5.69 Å². The van der Waals surface area contributed by atoms with Gasteiger partial charge in [0.15, 0.2) is 0 Å². The van der Waals surface area contributed by atoms with Crippen LogP contribution in [0.2, 0.25) is 0 Å². The third kappa shape index (κ3) is 4.20. The molecule has 0 radical (unpaired) electrons. The van der Waals surface area contributed by atoms with Crippen molar-refractivity contribution < 1.29 is 9.23 Å². The van der Waals surface area contributed by atoms with E-state index in [2.05, 4.69) is 5.48 Å². The molecule has 0 amide bonds. The van der Waals surface area contributed by atoms with Crippen LogP contribution in [0.3, 0.4) is 0 Å². The minimum Gasteiger partial charge on any atom is -0.307 e. The van der Waals surface area contributed by atoms with Gasteiger partial charge in [-0.2, -0.15) is 0 Å². The van der Waals surface area contributed by atoms with Crippen molar-refractivity contribution in [2.75, 3.05) is 32.7 Å². The fourth-order valence-electron chi connectivity index (χ4n) is 0.915. The molecule has 0 atom stereocenters. The molecule has 1 aromatic rings. The monoisotopic (exact) mass is 198 g/mol. The standard InChI is InChI=1S/C10H15FN2O/c1-13(2)6-7-14-12-10-5-3-4-9(11)8-10/h3-5,8,12H,6-7H2,1-2H3. The van der Waals surface area contributed by atoms with Gasteiger partial charge in [-0.15, -0.1) is 0 Å². The Bertz CT molecular complexity index is 279. The average molecular weight is 198 g/mol.